The van der Waals surface area contributed by atoms with Crippen molar-refractivity contribution in [2.24, 2.45) is 10.8 Å². The summed E-state index contributed by atoms with van der Waals surface area (Å²) in [4.78, 5) is 41.4. The van der Waals surface area contributed by atoms with E-state index in [1.54, 1.807) is 24.3 Å². The first-order valence-electron chi connectivity index (χ1n) is 14.0. The second-order valence-corrected chi connectivity index (χ2v) is 13.9. The zero-order valence-electron chi connectivity index (χ0n) is 24.2. The number of carboxylic acid groups (broad SMARTS) is 1. The Morgan fingerprint density at radius 2 is 1.50 bits per heavy atom. The number of carbonyl (C=O) groups is 3. The van der Waals surface area contributed by atoms with Gasteiger partial charge in [0.25, 0.3) is 0 Å². The topological polar surface area (TPSA) is 83.9 Å². The van der Waals surface area contributed by atoms with Gasteiger partial charge in [0.2, 0.25) is 0 Å². The van der Waals surface area contributed by atoms with Gasteiger partial charge in [0.1, 0.15) is 12.4 Å². The molecule has 5 rings (SSSR count). The summed E-state index contributed by atoms with van der Waals surface area (Å²) in [5, 5.41) is 9.95. The number of carbonyl (C=O) groups excluding carboxylic acids is 2. The fourth-order valence-corrected chi connectivity index (χ4v) is 7.14. The highest BCUT2D eigenvalue weighted by Crippen LogP contribution is 2.55. The van der Waals surface area contributed by atoms with E-state index >= 15 is 0 Å². The maximum atomic E-state index is 13.9. The third-order valence-corrected chi connectivity index (χ3v) is 8.76. The van der Waals surface area contributed by atoms with Gasteiger partial charge in [-0.2, -0.15) is 0 Å². The van der Waals surface area contributed by atoms with Crippen molar-refractivity contribution in [1.82, 2.24) is 4.90 Å². The molecule has 0 unspecified atom stereocenters. The van der Waals surface area contributed by atoms with E-state index in [0.717, 1.165) is 11.4 Å². The zero-order valence-corrected chi connectivity index (χ0v) is 25.7. The van der Waals surface area contributed by atoms with Crippen molar-refractivity contribution in [3.8, 4) is 5.75 Å². The smallest absolute Gasteiger partial charge is 0.305 e. The minimum absolute atomic E-state index is 0.0459. The van der Waals surface area contributed by atoms with Crippen molar-refractivity contribution >= 4 is 40.7 Å². The summed E-state index contributed by atoms with van der Waals surface area (Å²) in [7, 11) is 0. The lowest BCUT2D eigenvalue weighted by Gasteiger charge is -2.49. The minimum Gasteiger partial charge on any atom is -0.486 e. The normalized spacial score (nSPS) is 20.0. The van der Waals surface area contributed by atoms with Crippen LogP contribution >= 0.6 is 23.2 Å². The maximum absolute atomic E-state index is 13.9. The van der Waals surface area contributed by atoms with Crippen molar-refractivity contribution in [3.63, 3.8) is 0 Å². The fraction of sp³-hybridized carbons (Fsp3) is 0.424. The van der Waals surface area contributed by atoms with Crippen molar-refractivity contribution in [2.75, 3.05) is 6.54 Å². The van der Waals surface area contributed by atoms with E-state index in [-0.39, 0.29) is 63.6 Å². The third-order valence-electron chi connectivity index (χ3n) is 8.20. The van der Waals surface area contributed by atoms with Crippen LogP contribution in [0.4, 0.5) is 4.39 Å². The molecule has 0 spiro atoms. The summed E-state index contributed by atoms with van der Waals surface area (Å²) in [6, 6.07) is 9.39. The Kier molecular flexibility index (Phi) is 8.05. The number of allylic oxidation sites excluding steroid dienone is 4. The highest BCUT2D eigenvalue weighted by atomic mass is 35.5. The predicted molar refractivity (Wildman–Crippen MR) is 159 cm³/mol. The van der Waals surface area contributed by atoms with Gasteiger partial charge in [-0.05, 0) is 59.1 Å². The average molecular weight is 615 g/mol. The SMILES string of the molecule is CC1(C)CC(=O)C2=C(C1)N(CCC(=O)O)C1=C(C(=O)CC(C)(C)C1)C2c1cc(Cl)c(OCc2cccc(F)c2)c(Cl)c1. The molecule has 0 saturated carbocycles. The summed E-state index contributed by atoms with van der Waals surface area (Å²) in [5.41, 5.74) is 3.09. The second-order valence-electron chi connectivity index (χ2n) is 13.1. The number of ketones is 2. The van der Waals surface area contributed by atoms with Crippen molar-refractivity contribution < 1.29 is 28.6 Å². The molecule has 6 nitrogen and oxygen atoms in total. The van der Waals surface area contributed by atoms with Gasteiger partial charge < -0.3 is 14.7 Å². The van der Waals surface area contributed by atoms with Gasteiger partial charge >= 0.3 is 5.97 Å². The van der Waals surface area contributed by atoms with Gasteiger partial charge in [0.15, 0.2) is 17.3 Å². The predicted octanol–water partition coefficient (Wildman–Crippen LogP) is 7.87. The van der Waals surface area contributed by atoms with E-state index in [1.165, 1.54) is 12.1 Å². The summed E-state index contributed by atoms with van der Waals surface area (Å²) in [6.45, 7) is 8.31. The van der Waals surface area contributed by atoms with E-state index < -0.39 is 11.9 Å². The molecule has 2 aromatic rings. The first-order valence-corrected chi connectivity index (χ1v) is 14.8. The van der Waals surface area contributed by atoms with Crippen molar-refractivity contribution in [3.05, 3.63) is 85.9 Å². The number of Topliss-reactive ketones (excluding diaryl/α,β-unsaturated/α-hetero) is 2. The molecule has 1 heterocycles. The quantitative estimate of drug-likeness (QED) is 0.342. The first-order chi connectivity index (χ1) is 19.7. The maximum Gasteiger partial charge on any atom is 0.305 e. The number of carboxylic acids is 1. The third kappa shape index (κ3) is 6.00. The average Bonchev–Trinajstić information content (AvgIpc) is 2.85. The van der Waals surface area contributed by atoms with Crippen LogP contribution < -0.4 is 4.74 Å². The van der Waals surface area contributed by atoms with Crippen LogP contribution in [-0.2, 0) is 21.0 Å². The molecule has 2 aromatic carbocycles. The molecule has 0 bridgehead atoms. The van der Waals surface area contributed by atoms with Gasteiger partial charge in [-0.15, -0.1) is 0 Å². The zero-order chi connectivity index (χ0) is 30.6. The number of hydrogen-bond acceptors (Lipinski definition) is 5. The lowest BCUT2D eigenvalue weighted by molar-refractivity contribution is -0.137. The summed E-state index contributed by atoms with van der Waals surface area (Å²) in [6.07, 6.45) is 1.59. The summed E-state index contributed by atoms with van der Waals surface area (Å²) >= 11 is 13.4. The molecule has 3 aliphatic rings. The van der Waals surface area contributed by atoms with Gasteiger partial charge in [-0.1, -0.05) is 63.0 Å². The van der Waals surface area contributed by atoms with Crippen LogP contribution in [0.2, 0.25) is 10.0 Å². The molecule has 1 N–H and O–H groups in total. The summed E-state index contributed by atoms with van der Waals surface area (Å²) < 4.78 is 19.5. The van der Waals surface area contributed by atoms with Crippen LogP contribution in [-0.4, -0.2) is 34.1 Å². The number of benzene rings is 2. The Hall–Kier alpha value is -3.16. The highest BCUT2D eigenvalue weighted by molar-refractivity contribution is 6.37. The van der Waals surface area contributed by atoms with E-state index in [2.05, 4.69) is 0 Å². The van der Waals surface area contributed by atoms with Crippen LogP contribution in [0, 0.1) is 16.6 Å². The molecule has 0 radical (unpaired) electrons. The number of halogens is 3. The van der Waals surface area contributed by atoms with Gasteiger partial charge in [-0.25, -0.2) is 4.39 Å². The lowest BCUT2D eigenvalue weighted by atomic mass is 9.63. The molecule has 42 heavy (non-hydrogen) atoms. The lowest BCUT2D eigenvalue weighted by Crippen LogP contribution is -2.45. The molecular weight excluding hydrogens is 580 g/mol. The first kappa shape index (κ1) is 30.3. The number of aliphatic carboxylic acids is 1. The molecule has 9 heteroatoms. The van der Waals surface area contributed by atoms with Crippen LogP contribution in [0.5, 0.6) is 5.75 Å². The van der Waals surface area contributed by atoms with Crippen LogP contribution in [0.25, 0.3) is 0 Å². The summed E-state index contributed by atoms with van der Waals surface area (Å²) in [5.74, 6) is -1.94. The van der Waals surface area contributed by atoms with Gasteiger partial charge in [0, 0.05) is 47.8 Å². The highest BCUT2D eigenvalue weighted by Gasteiger charge is 2.49. The van der Waals surface area contributed by atoms with E-state index in [9.17, 15) is 23.9 Å². The van der Waals surface area contributed by atoms with Gasteiger partial charge in [-0.3, -0.25) is 14.4 Å². The Morgan fingerprint density at radius 1 is 0.952 bits per heavy atom. The molecule has 0 aromatic heterocycles. The number of ether oxygens (including phenoxy) is 1. The minimum atomic E-state index is -0.948. The van der Waals surface area contributed by atoms with Crippen LogP contribution in [0.15, 0.2) is 58.9 Å². The Bertz CT molecular complexity index is 1480. The number of rotatable bonds is 7. The molecule has 0 amide bonds. The Labute approximate surface area is 255 Å². The molecule has 0 atom stereocenters. The Balaban J connectivity index is 1.64. The number of hydrogen-bond donors (Lipinski definition) is 1. The number of nitrogens with zero attached hydrogens (tertiary/aromatic N) is 1. The van der Waals surface area contributed by atoms with Gasteiger partial charge in [0.05, 0.1) is 16.5 Å². The monoisotopic (exact) mass is 613 g/mol. The molecule has 222 valence electrons. The van der Waals surface area contributed by atoms with E-state index in [0.29, 0.717) is 48.0 Å². The van der Waals surface area contributed by atoms with Crippen LogP contribution in [0.3, 0.4) is 0 Å². The largest absolute Gasteiger partial charge is 0.486 e. The standard InChI is InChI=1S/C33H34Cl2FNO5/c1-32(2)13-23-29(25(38)15-32)28(30-24(37(23)9-8-27(40)41)14-33(3,4)16-26(30)39)19-11-21(34)31(22(35)12-19)42-17-18-6-5-7-20(36)10-18/h5-7,10-12,28H,8-9,13-17H2,1-4H3,(H,40,41). The van der Waals surface area contributed by atoms with Crippen molar-refractivity contribution in [1.29, 1.82) is 0 Å². The fourth-order valence-electron chi connectivity index (χ4n) is 6.52. The van der Waals surface area contributed by atoms with E-state index in [1.807, 2.05) is 32.6 Å². The van der Waals surface area contributed by atoms with Crippen molar-refractivity contribution in [2.45, 2.75) is 72.3 Å². The second kappa shape index (κ2) is 11.2. The van der Waals surface area contributed by atoms with E-state index in [4.69, 9.17) is 27.9 Å². The molecule has 2 aliphatic carbocycles. The van der Waals surface area contributed by atoms with Crippen LogP contribution in [0.1, 0.15) is 76.8 Å². The molecule has 0 saturated heterocycles. The molecule has 1 aliphatic heterocycles. The molecular formula is C33H34Cl2FNO5. The Morgan fingerprint density at radius 3 is 2.00 bits per heavy atom. The molecule has 0 fully saturated rings.